The number of carbonyl (C=O) groups excluding carboxylic acids is 4. The second-order valence-electron chi connectivity index (χ2n) is 18.4. The Kier molecular flexibility index (Phi) is 12.2. The fourth-order valence-corrected chi connectivity index (χ4v) is 10.7. The topological polar surface area (TPSA) is 200 Å². The van der Waals surface area contributed by atoms with Crippen LogP contribution in [0, 0.1) is 22.7 Å². The molecule has 2 aliphatic carbocycles. The van der Waals surface area contributed by atoms with Crippen molar-refractivity contribution in [3.05, 3.63) is 77.3 Å². The Balaban J connectivity index is 1.14. The first-order chi connectivity index (χ1) is 30.4. The first-order valence-corrected chi connectivity index (χ1v) is 24.2. The van der Waals surface area contributed by atoms with Gasteiger partial charge in [0, 0.05) is 48.1 Å². The van der Waals surface area contributed by atoms with Gasteiger partial charge < -0.3 is 24.1 Å². The monoisotopic (exact) mass is 910 g/mol. The number of amides is 3. The summed E-state index contributed by atoms with van der Waals surface area (Å²) in [6.07, 6.45) is 1.94. The molecular weight excluding hydrogens is 857 g/mol. The molecule has 2 saturated carbocycles. The lowest BCUT2D eigenvalue weighted by Crippen LogP contribution is -2.48. The molecule has 2 aromatic carbocycles. The zero-order valence-electron chi connectivity index (χ0n) is 36.9. The van der Waals surface area contributed by atoms with Crippen molar-refractivity contribution in [1.29, 1.82) is 0 Å². The number of ether oxygens (including phenoxy) is 2. The van der Waals surface area contributed by atoms with E-state index in [1.807, 2.05) is 90.1 Å². The van der Waals surface area contributed by atoms with Crippen LogP contribution in [0.4, 0.5) is 0 Å². The van der Waals surface area contributed by atoms with Crippen molar-refractivity contribution >= 4 is 66.9 Å². The van der Waals surface area contributed by atoms with Gasteiger partial charge in [-0.2, -0.15) is 4.98 Å². The summed E-state index contributed by atoms with van der Waals surface area (Å²) in [6.45, 7) is 15.8. The van der Waals surface area contributed by atoms with Gasteiger partial charge in [0.15, 0.2) is 11.6 Å². The second kappa shape index (κ2) is 17.4. The molecule has 0 unspecified atom stereocenters. The quantitative estimate of drug-likeness (QED) is 0.0903. The zero-order chi connectivity index (χ0) is 45.7. The molecule has 3 aliphatic rings. The normalized spacial score (nSPS) is 21.5. The maximum absolute atomic E-state index is 15.1. The number of fused-ring (bicyclic) bond motifs is 3. The van der Waals surface area contributed by atoms with E-state index >= 15 is 4.79 Å². The van der Waals surface area contributed by atoms with Gasteiger partial charge in [-0.25, -0.2) is 18.4 Å². The molecule has 0 bridgehead atoms. The highest BCUT2D eigenvalue weighted by molar-refractivity contribution is 7.90. The fraction of sp³-hybridized carbons (Fsp3) is 0.468. The van der Waals surface area contributed by atoms with Crippen LogP contribution in [-0.4, -0.2) is 88.4 Å². The molecule has 1 saturated heterocycles. The summed E-state index contributed by atoms with van der Waals surface area (Å²) in [5, 5.41) is 5.14. The molecule has 5 aromatic rings. The van der Waals surface area contributed by atoms with Crippen LogP contribution in [0.25, 0.3) is 33.5 Å². The number of nitrogens with one attached hydrogen (secondary N) is 2. The number of thiazole rings is 1. The van der Waals surface area contributed by atoms with Crippen molar-refractivity contribution < 1.29 is 41.5 Å². The first-order valence-electron chi connectivity index (χ1n) is 21.8. The minimum atomic E-state index is -3.89. The molecule has 3 aromatic heterocycles. The van der Waals surface area contributed by atoms with Gasteiger partial charge in [-0.3, -0.25) is 23.9 Å². The minimum absolute atomic E-state index is 0.00766. The van der Waals surface area contributed by atoms with Gasteiger partial charge in [-0.1, -0.05) is 39.0 Å². The molecule has 338 valence electrons. The lowest BCUT2D eigenvalue weighted by atomic mass is 9.77. The number of nitrogens with zero attached hydrogens (tertiary/aromatic N) is 4. The molecule has 1 aliphatic heterocycles. The highest BCUT2D eigenvalue weighted by Gasteiger charge is 2.61. The number of sulfonamides is 1. The Morgan fingerprint density at radius 3 is 2.45 bits per heavy atom. The molecule has 2 N–H and O–H groups in total. The van der Waals surface area contributed by atoms with Gasteiger partial charge in [0.2, 0.25) is 27.4 Å². The van der Waals surface area contributed by atoms with Gasteiger partial charge in [-0.05, 0) is 87.8 Å². The third-order valence-corrected chi connectivity index (χ3v) is 15.0. The number of para-hydroxylation sites is 1. The van der Waals surface area contributed by atoms with Crippen LogP contribution in [0.15, 0.2) is 71.0 Å². The Labute approximate surface area is 376 Å². The van der Waals surface area contributed by atoms with Gasteiger partial charge in [0.25, 0.3) is 11.8 Å². The number of allylic oxidation sites excluding steroid dienone is 1. The van der Waals surface area contributed by atoms with Crippen LogP contribution >= 0.6 is 11.3 Å². The van der Waals surface area contributed by atoms with Crippen molar-refractivity contribution in [1.82, 2.24) is 29.9 Å². The molecule has 15 nitrogen and oxygen atoms in total. The average Bonchev–Trinajstić information content (AvgIpc) is 4.08. The summed E-state index contributed by atoms with van der Waals surface area (Å²) in [5.41, 5.74) is 0.412. The highest BCUT2D eigenvalue weighted by Crippen LogP contribution is 2.57. The Hall–Kier alpha value is -5.68. The molecule has 4 heterocycles. The number of aromatic nitrogens is 3. The number of Topliss-reactive ketones (excluding diaryl/α,β-unsaturated/α-hetero) is 1. The summed E-state index contributed by atoms with van der Waals surface area (Å²) in [6, 6.07) is 13.8. The van der Waals surface area contributed by atoms with E-state index in [1.165, 1.54) is 16.2 Å². The number of benzene rings is 2. The maximum Gasteiger partial charge on any atom is 0.270 e. The summed E-state index contributed by atoms with van der Waals surface area (Å²) in [4.78, 5) is 72.2. The maximum atomic E-state index is 15.1. The van der Waals surface area contributed by atoms with Crippen LogP contribution < -0.4 is 19.5 Å². The first kappa shape index (κ1) is 44.9. The summed E-state index contributed by atoms with van der Waals surface area (Å²) >= 11 is 1.29. The summed E-state index contributed by atoms with van der Waals surface area (Å²) in [7, 11) is -3.89. The van der Waals surface area contributed by atoms with Crippen LogP contribution in [0.2, 0.25) is 0 Å². The molecule has 0 radical (unpaired) electrons. The number of hydrogen-bond donors (Lipinski definition) is 2. The molecule has 3 amide bonds. The SMILES string of the molecule is C=C[C@@H]1C[C@]1(CC(=O)[C@@H]1C[C@@H](Oc2nc(-c3ccc(OC(C)C)cc3)nc3c2oc2ccccc23)CN1C(=O)[C@@H](Cc1nc(C(=O)NCC)cs1)C(C)(C)C)C(=O)NS(=O)(=O)C1CC1. The third kappa shape index (κ3) is 9.14. The van der Waals surface area contributed by atoms with Gasteiger partial charge >= 0.3 is 0 Å². The number of likely N-dealkylation sites (tertiary alicyclic amines) is 1. The largest absolute Gasteiger partial charge is 0.491 e. The number of ketones is 1. The van der Waals surface area contributed by atoms with E-state index in [0.717, 1.165) is 5.39 Å². The minimum Gasteiger partial charge on any atom is -0.491 e. The van der Waals surface area contributed by atoms with Crippen LogP contribution in [0.3, 0.4) is 0 Å². The smallest absolute Gasteiger partial charge is 0.270 e. The van der Waals surface area contributed by atoms with E-state index < -0.39 is 61.8 Å². The standard InChI is InChI=1S/C47H54N6O9S2/c1-8-28-22-47(28,45(57)52-64(58,59)31-18-19-31)23-36(54)35-20-30(24-53(35)44(56)33(46(5,6)7)21-38-49-34(25-63-38)42(55)48-9-2)61-43-40-39(32-12-10-11-13-37(32)62-40)50-41(51-43)27-14-16-29(17-15-27)60-26(3)4/h8,10-17,25-26,28,30-31,33,35H,1,9,18-24H2,2-7H3,(H,48,55)(H,52,57)/t28-,30-,33-,35+,47-/m1/s1. The molecule has 0 spiro atoms. The predicted molar refractivity (Wildman–Crippen MR) is 242 cm³/mol. The lowest BCUT2D eigenvalue weighted by molar-refractivity contribution is -0.144. The van der Waals surface area contributed by atoms with Crippen molar-refractivity contribution in [2.45, 2.75) is 104 Å². The fourth-order valence-electron chi connectivity index (χ4n) is 8.53. The van der Waals surface area contributed by atoms with E-state index in [9.17, 15) is 22.8 Å². The second-order valence-corrected chi connectivity index (χ2v) is 21.3. The van der Waals surface area contributed by atoms with E-state index in [4.69, 9.17) is 23.9 Å². The third-order valence-electron chi connectivity index (χ3n) is 12.3. The molecule has 3 fully saturated rings. The van der Waals surface area contributed by atoms with Crippen LogP contribution in [-0.2, 0) is 30.8 Å². The number of carbonyl (C=O) groups is 4. The molecular formula is C47H54N6O9S2. The average molecular weight is 911 g/mol. The van der Waals surface area contributed by atoms with Crippen molar-refractivity contribution in [2.75, 3.05) is 13.1 Å². The zero-order valence-corrected chi connectivity index (χ0v) is 38.5. The van der Waals surface area contributed by atoms with Crippen LogP contribution in [0.1, 0.15) is 89.1 Å². The predicted octanol–water partition coefficient (Wildman–Crippen LogP) is 7.05. The van der Waals surface area contributed by atoms with Gasteiger partial charge in [-0.15, -0.1) is 17.9 Å². The summed E-state index contributed by atoms with van der Waals surface area (Å²) < 4.78 is 47.0. The Bertz CT molecular complexity index is 2740. The highest BCUT2D eigenvalue weighted by atomic mass is 32.2. The van der Waals surface area contributed by atoms with E-state index in [0.29, 0.717) is 58.2 Å². The Morgan fingerprint density at radius 1 is 1.06 bits per heavy atom. The van der Waals surface area contributed by atoms with Gasteiger partial charge in [0.1, 0.15) is 28.6 Å². The molecule has 8 rings (SSSR count). The van der Waals surface area contributed by atoms with Crippen molar-refractivity contribution in [2.24, 2.45) is 22.7 Å². The number of hydrogen-bond acceptors (Lipinski definition) is 13. The van der Waals surface area contributed by atoms with E-state index in [-0.39, 0.29) is 61.7 Å². The summed E-state index contributed by atoms with van der Waals surface area (Å²) in [5.74, 6) is -1.69. The van der Waals surface area contributed by atoms with Crippen molar-refractivity contribution in [3.8, 4) is 23.0 Å². The van der Waals surface area contributed by atoms with Gasteiger partial charge in [0.05, 0.1) is 34.4 Å². The molecule has 5 atom stereocenters. The van der Waals surface area contributed by atoms with Crippen LogP contribution in [0.5, 0.6) is 11.6 Å². The Morgan fingerprint density at radius 2 is 1.80 bits per heavy atom. The molecule has 64 heavy (non-hydrogen) atoms. The van der Waals surface area contributed by atoms with E-state index in [1.54, 1.807) is 11.5 Å². The van der Waals surface area contributed by atoms with Crippen molar-refractivity contribution in [3.63, 3.8) is 0 Å². The molecule has 17 heteroatoms. The van der Waals surface area contributed by atoms with E-state index in [2.05, 4.69) is 21.6 Å². The lowest BCUT2D eigenvalue weighted by Gasteiger charge is -2.35. The number of rotatable bonds is 17. The number of furan rings is 1.